The van der Waals surface area contributed by atoms with Gasteiger partial charge in [-0.25, -0.2) is 0 Å². The predicted molar refractivity (Wildman–Crippen MR) is 115 cm³/mol. The van der Waals surface area contributed by atoms with Crippen LogP contribution in [0.1, 0.15) is 24.0 Å². The molecular formula is C23H26ClN3O2. The molecule has 0 spiro atoms. The molecule has 1 aliphatic heterocycles. The van der Waals surface area contributed by atoms with Crippen molar-refractivity contribution in [3.8, 4) is 0 Å². The van der Waals surface area contributed by atoms with E-state index in [0.29, 0.717) is 18.1 Å². The Kier molecular flexibility index (Phi) is 5.50. The van der Waals surface area contributed by atoms with Gasteiger partial charge in [0, 0.05) is 36.9 Å². The molecule has 2 aliphatic rings. The van der Waals surface area contributed by atoms with Crippen molar-refractivity contribution in [1.82, 2.24) is 10.2 Å². The predicted octanol–water partition coefficient (Wildman–Crippen LogP) is 3.15. The molecule has 2 aromatic carbocycles. The number of nitrogens with zero attached hydrogens (tertiary/aromatic N) is 2. The number of anilines is 1. The molecule has 2 aromatic rings. The summed E-state index contributed by atoms with van der Waals surface area (Å²) < 4.78 is 0. The Morgan fingerprint density at radius 1 is 1.03 bits per heavy atom. The van der Waals surface area contributed by atoms with Crippen molar-refractivity contribution in [2.45, 2.75) is 25.2 Å². The second kappa shape index (κ2) is 8.07. The summed E-state index contributed by atoms with van der Waals surface area (Å²) in [5.41, 5.74) is 2.83. The van der Waals surface area contributed by atoms with Crippen molar-refractivity contribution in [2.24, 2.45) is 0 Å². The first kappa shape index (κ1) is 19.8. The maximum absolute atomic E-state index is 12.8. The van der Waals surface area contributed by atoms with Crippen molar-refractivity contribution in [3.63, 3.8) is 0 Å². The molecule has 1 aliphatic carbocycles. The fourth-order valence-corrected chi connectivity index (χ4v) is 4.22. The third-order valence-corrected chi connectivity index (χ3v) is 6.20. The topological polar surface area (TPSA) is 52.7 Å². The maximum Gasteiger partial charge on any atom is 0.242 e. The molecule has 0 bridgehead atoms. The van der Waals surface area contributed by atoms with Gasteiger partial charge in [-0.05, 0) is 43.5 Å². The summed E-state index contributed by atoms with van der Waals surface area (Å²) >= 11 is 6.08. The molecule has 0 atom stereocenters. The summed E-state index contributed by atoms with van der Waals surface area (Å²) in [5.74, 6) is -0.0573. The number of hydrogen-bond acceptors (Lipinski definition) is 3. The summed E-state index contributed by atoms with van der Waals surface area (Å²) in [6.07, 6.45) is 1.68. The van der Waals surface area contributed by atoms with Crippen LogP contribution in [0.15, 0.2) is 48.5 Å². The Morgan fingerprint density at radius 3 is 2.41 bits per heavy atom. The first-order valence-corrected chi connectivity index (χ1v) is 10.5. The van der Waals surface area contributed by atoms with Crippen LogP contribution in [0.25, 0.3) is 0 Å². The highest BCUT2D eigenvalue weighted by Gasteiger charge is 2.51. The summed E-state index contributed by atoms with van der Waals surface area (Å²) in [6.45, 7) is 4.89. The Bertz CT molecular complexity index is 918. The van der Waals surface area contributed by atoms with E-state index >= 15 is 0 Å². The molecule has 2 amide bonds. The van der Waals surface area contributed by atoms with Crippen LogP contribution in [0.2, 0.25) is 5.02 Å². The highest BCUT2D eigenvalue weighted by atomic mass is 35.5. The summed E-state index contributed by atoms with van der Waals surface area (Å²) in [6, 6.07) is 15.9. The van der Waals surface area contributed by atoms with Gasteiger partial charge in [0.2, 0.25) is 11.8 Å². The van der Waals surface area contributed by atoms with E-state index in [2.05, 4.69) is 16.3 Å². The number of aryl methyl sites for hydroxylation is 1. The lowest BCUT2D eigenvalue weighted by Gasteiger charge is -2.36. The van der Waals surface area contributed by atoms with E-state index in [0.717, 1.165) is 42.7 Å². The Labute approximate surface area is 176 Å². The van der Waals surface area contributed by atoms with Gasteiger partial charge >= 0.3 is 0 Å². The zero-order valence-electron chi connectivity index (χ0n) is 16.7. The Morgan fingerprint density at radius 2 is 1.76 bits per heavy atom. The summed E-state index contributed by atoms with van der Waals surface area (Å²) in [5, 5.41) is 3.60. The fourth-order valence-electron chi connectivity index (χ4n) is 4.04. The molecule has 6 heteroatoms. The van der Waals surface area contributed by atoms with E-state index in [1.807, 2.05) is 54.3 Å². The molecular weight excluding hydrogens is 386 g/mol. The van der Waals surface area contributed by atoms with E-state index in [9.17, 15) is 9.59 Å². The van der Waals surface area contributed by atoms with Crippen LogP contribution in [0.4, 0.5) is 5.69 Å². The van der Waals surface area contributed by atoms with Crippen LogP contribution < -0.4 is 10.2 Å². The quantitative estimate of drug-likeness (QED) is 0.822. The molecule has 1 heterocycles. The lowest BCUT2D eigenvalue weighted by molar-refractivity contribution is -0.133. The minimum absolute atomic E-state index is 0.0239. The average Bonchev–Trinajstić information content (AvgIpc) is 3.54. The largest absolute Gasteiger partial charge is 0.368 e. The number of amides is 2. The van der Waals surface area contributed by atoms with Gasteiger partial charge in [0.15, 0.2) is 0 Å². The number of hydrogen-bond donors (Lipinski definition) is 1. The molecule has 152 valence electrons. The number of carbonyl (C=O) groups is 2. The normalized spacial score (nSPS) is 17.7. The molecule has 1 N–H and O–H groups in total. The second-order valence-electron chi connectivity index (χ2n) is 7.98. The molecule has 0 aromatic heterocycles. The van der Waals surface area contributed by atoms with Crippen molar-refractivity contribution in [2.75, 3.05) is 37.6 Å². The van der Waals surface area contributed by atoms with Gasteiger partial charge in [-0.2, -0.15) is 0 Å². The van der Waals surface area contributed by atoms with Crippen LogP contribution in [-0.4, -0.2) is 49.4 Å². The molecule has 4 rings (SSSR count). The van der Waals surface area contributed by atoms with Gasteiger partial charge in [-0.15, -0.1) is 0 Å². The van der Waals surface area contributed by atoms with Crippen molar-refractivity contribution < 1.29 is 9.59 Å². The standard InChI is InChI=1S/C23H26ClN3O2/c1-17-4-2-5-18(14-17)23(8-9-23)22(29)25-16-21(28)27-12-10-26(11-13-27)20-7-3-6-19(24)15-20/h2-7,14-15H,8-13,16H2,1H3,(H,25,29). The lowest BCUT2D eigenvalue weighted by atomic mass is 9.93. The van der Waals surface area contributed by atoms with Gasteiger partial charge in [0.25, 0.3) is 0 Å². The molecule has 2 fully saturated rings. The first-order chi connectivity index (χ1) is 14.0. The van der Waals surface area contributed by atoms with Crippen LogP contribution >= 0.6 is 11.6 Å². The Hall–Kier alpha value is -2.53. The minimum Gasteiger partial charge on any atom is -0.368 e. The maximum atomic E-state index is 12.8. The number of carbonyl (C=O) groups excluding carboxylic acids is 2. The molecule has 29 heavy (non-hydrogen) atoms. The first-order valence-electron chi connectivity index (χ1n) is 10.1. The number of piperazine rings is 1. The molecule has 1 saturated carbocycles. The van der Waals surface area contributed by atoms with Gasteiger partial charge in [0.1, 0.15) is 0 Å². The SMILES string of the molecule is Cc1cccc(C2(C(=O)NCC(=O)N3CCN(c4cccc(Cl)c4)CC3)CC2)c1. The van der Waals surface area contributed by atoms with Gasteiger partial charge in [-0.1, -0.05) is 47.5 Å². The van der Waals surface area contributed by atoms with Gasteiger partial charge in [-0.3, -0.25) is 9.59 Å². The Balaban J connectivity index is 1.29. The number of halogens is 1. The summed E-state index contributed by atoms with van der Waals surface area (Å²) in [7, 11) is 0. The molecule has 0 unspecified atom stereocenters. The third kappa shape index (κ3) is 4.25. The molecule has 0 radical (unpaired) electrons. The van der Waals surface area contributed by atoms with E-state index in [-0.39, 0.29) is 18.4 Å². The number of benzene rings is 2. The second-order valence-corrected chi connectivity index (χ2v) is 8.42. The molecule has 1 saturated heterocycles. The highest BCUT2D eigenvalue weighted by molar-refractivity contribution is 6.30. The van der Waals surface area contributed by atoms with Crippen LogP contribution in [-0.2, 0) is 15.0 Å². The van der Waals surface area contributed by atoms with Crippen LogP contribution in [0.3, 0.4) is 0 Å². The number of nitrogens with one attached hydrogen (secondary N) is 1. The lowest BCUT2D eigenvalue weighted by Crippen LogP contribution is -2.51. The average molecular weight is 412 g/mol. The van der Waals surface area contributed by atoms with Crippen molar-refractivity contribution in [1.29, 1.82) is 0 Å². The van der Waals surface area contributed by atoms with Crippen LogP contribution in [0, 0.1) is 6.92 Å². The minimum atomic E-state index is -0.447. The van der Waals surface area contributed by atoms with Crippen LogP contribution in [0.5, 0.6) is 0 Å². The zero-order valence-corrected chi connectivity index (χ0v) is 17.4. The van der Waals surface area contributed by atoms with E-state index in [4.69, 9.17) is 11.6 Å². The third-order valence-electron chi connectivity index (χ3n) is 5.96. The number of rotatable bonds is 5. The van der Waals surface area contributed by atoms with E-state index in [1.165, 1.54) is 0 Å². The zero-order chi connectivity index (χ0) is 20.4. The van der Waals surface area contributed by atoms with Gasteiger partial charge in [0.05, 0.1) is 12.0 Å². The fraction of sp³-hybridized carbons (Fsp3) is 0.391. The van der Waals surface area contributed by atoms with E-state index in [1.54, 1.807) is 0 Å². The van der Waals surface area contributed by atoms with Crippen molar-refractivity contribution >= 4 is 29.1 Å². The van der Waals surface area contributed by atoms with Gasteiger partial charge < -0.3 is 15.1 Å². The molecule has 5 nitrogen and oxygen atoms in total. The van der Waals surface area contributed by atoms with E-state index < -0.39 is 5.41 Å². The van der Waals surface area contributed by atoms with Crippen molar-refractivity contribution in [3.05, 3.63) is 64.7 Å². The monoisotopic (exact) mass is 411 g/mol. The highest BCUT2D eigenvalue weighted by Crippen LogP contribution is 2.48. The summed E-state index contributed by atoms with van der Waals surface area (Å²) in [4.78, 5) is 29.5. The smallest absolute Gasteiger partial charge is 0.242 e.